The quantitative estimate of drug-likeness (QED) is 0.757. The lowest BCUT2D eigenvalue weighted by Gasteiger charge is -2.05. The smallest absolute Gasteiger partial charge is 0.0657 e. The van der Waals surface area contributed by atoms with Crippen molar-refractivity contribution in [1.29, 1.82) is 0 Å². The van der Waals surface area contributed by atoms with Crippen molar-refractivity contribution in [1.82, 2.24) is 9.78 Å². The first-order valence-electron chi connectivity index (χ1n) is 5.92. The van der Waals surface area contributed by atoms with Crippen molar-refractivity contribution in [3.05, 3.63) is 48.3 Å². The minimum absolute atomic E-state index is 0.551. The summed E-state index contributed by atoms with van der Waals surface area (Å²) >= 11 is 0. The van der Waals surface area contributed by atoms with Gasteiger partial charge in [0.1, 0.15) is 0 Å². The first-order valence-corrected chi connectivity index (χ1v) is 5.92. The van der Waals surface area contributed by atoms with Gasteiger partial charge in [0.05, 0.1) is 11.4 Å². The molecular weight excluding hydrogens is 196 g/mol. The Morgan fingerprint density at radius 3 is 2.62 bits per heavy atom. The average Bonchev–Trinajstić information content (AvgIpc) is 2.80. The van der Waals surface area contributed by atoms with E-state index in [9.17, 15) is 0 Å². The van der Waals surface area contributed by atoms with Gasteiger partial charge in [0.2, 0.25) is 0 Å². The Hall–Kier alpha value is -1.57. The maximum atomic E-state index is 4.62. The first kappa shape index (κ1) is 10.9. The second-order valence-electron chi connectivity index (χ2n) is 4.21. The van der Waals surface area contributed by atoms with E-state index in [0.717, 1.165) is 5.69 Å². The monoisotopic (exact) mass is 214 g/mol. The summed E-state index contributed by atoms with van der Waals surface area (Å²) < 4.78 is 1.95. The molecule has 84 valence electrons. The van der Waals surface area contributed by atoms with Gasteiger partial charge in [0, 0.05) is 12.1 Å². The highest BCUT2D eigenvalue weighted by Crippen LogP contribution is 2.19. The van der Waals surface area contributed by atoms with Crippen LogP contribution in [0.4, 0.5) is 0 Å². The third-order valence-corrected chi connectivity index (χ3v) is 2.86. The van der Waals surface area contributed by atoms with Crippen LogP contribution in [0, 0.1) is 0 Å². The van der Waals surface area contributed by atoms with Crippen LogP contribution >= 0.6 is 0 Å². The van der Waals surface area contributed by atoms with Crippen LogP contribution in [0.1, 0.15) is 38.3 Å². The maximum Gasteiger partial charge on any atom is 0.0657 e. The molecule has 0 radical (unpaired) electrons. The molecule has 16 heavy (non-hydrogen) atoms. The van der Waals surface area contributed by atoms with Crippen LogP contribution in [-0.4, -0.2) is 9.78 Å². The molecule has 0 amide bonds. The second kappa shape index (κ2) is 4.97. The highest BCUT2D eigenvalue weighted by atomic mass is 15.3. The lowest BCUT2D eigenvalue weighted by molar-refractivity contribution is 0.637. The summed E-state index contributed by atoms with van der Waals surface area (Å²) in [6.45, 7) is 4.45. The zero-order valence-electron chi connectivity index (χ0n) is 9.93. The Morgan fingerprint density at radius 1 is 1.19 bits per heavy atom. The number of para-hydroxylation sites is 1. The highest BCUT2D eigenvalue weighted by molar-refractivity contribution is 5.30. The molecule has 0 fully saturated rings. The van der Waals surface area contributed by atoms with Gasteiger partial charge in [0.25, 0.3) is 0 Å². The van der Waals surface area contributed by atoms with Crippen molar-refractivity contribution in [3.8, 4) is 5.69 Å². The third kappa shape index (κ3) is 2.32. The number of nitrogens with zero attached hydrogens (tertiary/aromatic N) is 2. The summed E-state index contributed by atoms with van der Waals surface area (Å²) in [5, 5.41) is 4.62. The van der Waals surface area contributed by atoms with E-state index >= 15 is 0 Å². The van der Waals surface area contributed by atoms with Gasteiger partial charge in [-0.3, -0.25) is 0 Å². The molecule has 0 aliphatic rings. The molecule has 1 heterocycles. The maximum absolute atomic E-state index is 4.62. The Morgan fingerprint density at radius 2 is 1.94 bits per heavy atom. The van der Waals surface area contributed by atoms with Gasteiger partial charge in [-0.15, -0.1) is 0 Å². The summed E-state index contributed by atoms with van der Waals surface area (Å²) in [6, 6.07) is 12.3. The first-order chi connectivity index (χ1) is 7.81. The molecule has 0 aliphatic heterocycles. The standard InChI is InChI=1S/C14H18N2/c1-3-7-12(2)14-10-11-16(15-14)13-8-5-4-6-9-13/h4-6,8-12H,3,7H2,1-2H3. The third-order valence-electron chi connectivity index (χ3n) is 2.86. The van der Waals surface area contributed by atoms with Crippen molar-refractivity contribution in [2.45, 2.75) is 32.6 Å². The van der Waals surface area contributed by atoms with Crippen LogP contribution in [0.2, 0.25) is 0 Å². The van der Waals surface area contributed by atoms with Crippen molar-refractivity contribution < 1.29 is 0 Å². The zero-order valence-corrected chi connectivity index (χ0v) is 9.93. The van der Waals surface area contributed by atoms with E-state index in [0.29, 0.717) is 5.92 Å². The molecule has 0 aliphatic carbocycles. The zero-order chi connectivity index (χ0) is 11.4. The van der Waals surface area contributed by atoms with Gasteiger partial charge in [-0.2, -0.15) is 5.10 Å². The van der Waals surface area contributed by atoms with Gasteiger partial charge in [-0.1, -0.05) is 38.5 Å². The SMILES string of the molecule is CCCC(C)c1ccn(-c2ccccc2)n1. The Bertz CT molecular complexity index is 431. The molecule has 1 aromatic heterocycles. The summed E-state index contributed by atoms with van der Waals surface area (Å²) in [6.07, 6.45) is 4.45. The molecule has 1 atom stereocenters. The largest absolute Gasteiger partial charge is 0.241 e. The Labute approximate surface area is 96.9 Å². The number of aromatic nitrogens is 2. The molecule has 0 saturated heterocycles. The van der Waals surface area contributed by atoms with Crippen molar-refractivity contribution >= 4 is 0 Å². The number of hydrogen-bond acceptors (Lipinski definition) is 1. The van der Waals surface area contributed by atoms with Gasteiger partial charge in [0.15, 0.2) is 0 Å². The summed E-state index contributed by atoms with van der Waals surface area (Å²) in [5.74, 6) is 0.551. The van der Waals surface area contributed by atoms with E-state index < -0.39 is 0 Å². The van der Waals surface area contributed by atoms with Gasteiger partial charge < -0.3 is 0 Å². The van der Waals surface area contributed by atoms with Crippen LogP contribution < -0.4 is 0 Å². The molecule has 2 heteroatoms. The minimum Gasteiger partial charge on any atom is -0.241 e. The van der Waals surface area contributed by atoms with Gasteiger partial charge in [-0.05, 0) is 24.6 Å². The molecule has 1 unspecified atom stereocenters. The van der Waals surface area contributed by atoms with Gasteiger partial charge in [-0.25, -0.2) is 4.68 Å². The molecule has 0 spiro atoms. The summed E-state index contributed by atoms with van der Waals surface area (Å²) in [7, 11) is 0. The van der Waals surface area contributed by atoms with Gasteiger partial charge >= 0.3 is 0 Å². The number of hydrogen-bond donors (Lipinski definition) is 0. The highest BCUT2D eigenvalue weighted by Gasteiger charge is 2.08. The molecule has 2 nitrogen and oxygen atoms in total. The van der Waals surface area contributed by atoms with Crippen molar-refractivity contribution in [2.24, 2.45) is 0 Å². The lowest BCUT2D eigenvalue weighted by Crippen LogP contribution is -1.98. The molecule has 0 saturated carbocycles. The van der Waals surface area contributed by atoms with Crippen molar-refractivity contribution in [3.63, 3.8) is 0 Å². The predicted molar refractivity (Wildman–Crippen MR) is 66.9 cm³/mol. The second-order valence-corrected chi connectivity index (χ2v) is 4.21. The molecule has 0 N–H and O–H groups in total. The number of benzene rings is 1. The normalized spacial score (nSPS) is 12.6. The lowest BCUT2D eigenvalue weighted by atomic mass is 10.0. The Balaban J connectivity index is 2.20. The van der Waals surface area contributed by atoms with Crippen LogP contribution in [0.15, 0.2) is 42.6 Å². The van der Waals surface area contributed by atoms with Crippen LogP contribution in [0.5, 0.6) is 0 Å². The molecule has 1 aromatic carbocycles. The van der Waals surface area contributed by atoms with Crippen molar-refractivity contribution in [2.75, 3.05) is 0 Å². The van der Waals surface area contributed by atoms with E-state index in [1.165, 1.54) is 18.5 Å². The van der Waals surface area contributed by atoms with Crippen LogP contribution in [-0.2, 0) is 0 Å². The molecule has 2 rings (SSSR count). The Kier molecular flexibility index (Phi) is 3.40. The fraction of sp³-hybridized carbons (Fsp3) is 0.357. The number of rotatable bonds is 4. The van der Waals surface area contributed by atoms with E-state index in [1.54, 1.807) is 0 Å². The van der Waals surface area contributed by atoms with E-state index in [-0.39, 0.29) is 0 Å². The fourth-order valence-corrected chi connectivity index (χ4v) is 1.91. The van der Waals surface area contributed by atoms with Crippen LogP contribution in [0.3, 0.4) is 0 Å². The van der Waals surface area contributed by atoms with E-state index in [2.05, 4.69) is 37.1 Å². The average molecular weight is 214 g/mol. The van der Waals surface area contributed by atoms with E-state index in [4.69, 9.17) is 0 Å². The predicted octanol–water partition coefficient (Wildman–Crippen LogP) is 3.78. The molecular formula is C14H18N2. The fourth-order valence-electron chi connectivity index (χ4n) is 1.91. The summed E-state index contributed by atoms with van der Waals surface area (Å²) in [4.78, 5) is 0. The van der Waals surface area contributed by atoms with Crippen LogP contribution in [0.25, 0.3) is 5.69 Å². The minimum atomic E-state index is 0.551. The molecule has 2 aromatic rings. The summed E-state index contributed by atoms with van der Waals surface area (Å²) in [5.41, 5.74) is 2.31. The van der Waals surface area contributed by atoms with E-state index in [1.807, 2.05) is 29.1 Å². The molecule has 0 bridgehead atoms. The topological polar surface area (TPSA) is 17.8 Å².